The lowest BCUT2D eigenvalue weighted by atomic mass is 10.2. The molecule has 0 unspecified atom stereocenters. The molecule has 0 heterocycles. The highest BCUT2D eigenvalue weighted by atomic mass is 32.2. The number of hydrogen-bond acceptors (Lipinski definition) is 2. The van der Waals surface area contributed by atoms with E-state index in [4.69, 9.17) is 0 Å². The summed E-state index contributed by atoms with van der Waals surface area (Å²) in [6, 6.07) is 13.8. The molecule has 0 spiro atoms. The van der Waals surface area contributed by atoms with E-state index in [0.29, 0.717) is 11.4 Å². The van der Waals surface area contributed by atoms with Gasteiger partial charge < -0.3 is 5.32 Å². The Labute approximate surface area is 118 Å². The first kappa shape index (κ1) is 14.1. The van der Waals surface area contributed by atoms with Gasteiger partial charge in [-0.3, -0.25) is 0 Å². The highest BCUT2D eigenvalue weighted by molar-refractivity contribution is 7.98. The average molecular weight is 275 g/mol. The molecule has 19 heavy (non-hydrogen) atoms. The van der Waals surface area contributed by atoms with Crippen LogP contribution in [0.1, 0.15) is 16.7 Å². The van der Waals surface area contributed by atoms with Crippen LogP contribution < -0.4 is 5.32 Å². The number of benzene rings is 2. The first-order valence-electron chi connectivity index (χ1n) is 6.30. The summed E-state index contributed by atoms with van der Waals surface area (Å²) in [5, 5.41) is 3.02. The topological polar surface area (TPSA) is 12.0 Å². The molecule has 0 atom stereocenters. The van der Waals surface area contributed by atoms with Crippen molar-refractivity contribution >= 4 is 11.8 Å². The van der Waals surface area contributed by atoms with E-state index in [2.05, 4.69) is 30.4 Å². The van der Waals surface area contributed by atoms with Gasteiger partial charge in [-0.25, -0.2) is 4.39 Å². The SMILES string of the molecule is CNCc1ccc(SCc2cccc(C)c2)c(F)c1. The van der Waals surface area contributed by atoms with Gasteiger partial charge in [0.1, 0.15) is 5.82 Å². The maximum absolute atomic E-state index is 13.9. The quantitative estimate of drug-likeness (QED) is 0.823. The van der Waals surface area contributed by atoms with Crippen molar-refractivity contribution in [1.29, 1.82) is 0 Å². The molecule has 0 saturated carbocycles. The van der Waals surface area contributed by atoms with Gasteiger partial charge in [-0.2, -0.15) is 0 Å². The third-order valence-electron chi connectivity index (χ3n) is 2.85. The first-order chi connectivity index (χ1) is 9.19. The molecule has 0 saturated heterocycles. The van der Waals surface area contributed by atoms with Crippen LogP contribution in [-0.4, -0.2) is 7.05 Å². The molecule has 0 radical (unpaired) electrons. The largest absolute Gasteiger partial charge is 0.316 e. The standard InChI is InChI=1S/C16H18FNS/c1-12-4-3-5-14(8-12)11-19-16-7-6-13(10-18-2)9-15(16)17/h3-9,18H,10-11H2,1-2H3. The van der Waals surface area contributed by atoms with E-state index >= 15 is 0 Å². The molecule has 0 amide bonds. The molecule has 2 rings (SSSR count). The molecular weight excluding hydrogens is 257 g/mol. The summed E-state index contributed by atoms with van der Waals surface area (Å²) in [4.78, 5) is 0.710. The van der Waals surface area contributed by atoms with Gasteiger partial charge >= 0.3 is 0 Å². The van der Waals surface area contributed by atoms with Crippen LogP contribution in [0.15, 0.2) is 47.4 Å². The van der Waals surface area contributed by atoms with Crippen LogP contribution >= 0.6 is 11.8 Å². The molecule has 0 aliphatic carbocycles. The molecule has 0 fully saturated rings. The number of rotatable bonds is 5. The Balaban J connectivity index is 2.03. The average Bonchev–Trinajstić information content (AvgIpc) is 2.38. The summed E-state index contributed by atoms with van der Waals surface area (Å²) in [6.07, 6.45) is 0. The lowest BCUT2D eigenvalue weighted by Gasteiger charge is -2.06. The lowest BCUT2D eigenvalue weighted by molar-refractivity contribution is 0.598. The van der Waals surface area contributed by atoms with Crippen molar-refractivity contribution in [2.45, 2.75) is 24.1 Å². The fourth-order valence-corrected chi connectivity index (χ4v) is 2.80. The summed E-state index contributed by atoms with van der Waals surface area (Å²) in [6.45, 7) is 2.76. The zero-order chi connectivity index (χ0) is 13.7. The van der Waals surface area contributed by atoms with Crippen LogP contribution in [0.25, 0.3) is 0 Å². The molecule has 0 bridgehead atoms. The van der Waals surface area contributed by atoms with Crippen molar-refractivity contribution in [1.82, 2.24) is 5.32 Å². The second-order valence-corrected chi connectivity index (χ2v) is 5.59. The van der Waals surface area contributed by atoms with Crippen LogP contribution in [0.4, 0.5) is 4.39 Å². The molecule has 0 aliphatic rings. The molecule has 2 aromatic rings. The third kappa shape index (κ3) is 4.08. The van der Waals surface area contributed by atoms with E-state index < -0.39 is 0 Å². The minimum Gasteiger partial charge on any atom is -0.316 e. The van der Waals surface area contributed by atoms with Crippen LogP contribution in [0.2, 0.25) is 0 Å². The Hall–Kier alpha value is -1.32. The van der Waals surface area contributed by atoms with E-state index in [1.165, 1.54) is 11.1 Å². The summed E-state index contributed by atoms with van der Waals surface area (Å²) in [7, 11) is 1.86. The molecule has 0 aromatic heterocycles. The van der Waals surface area contributed by atoms with E-state index in [9.17, 15) is 4.39 Å². The van der Waals surface area contributed by atoms with E-state index in [-0.39, 0.29) is 5.82 Å². The number of nitrogens with one attached hydrogen (secondary N) is 1. The predicted molar refractivity (Wildman–Crippen MR) is 79.9 cm³/mol. The summed E-state index contributed by atoms with van der Waals surface area (Å²) < 4.78 is 13.9. The smallest absolute Gasteiger partial charge is 0.137 e. The molecular formula is C16H18FNS. The zero-order valence-electron chi connectivity index (χ0n) is 11.2. The lowest BCUT2D eigenvalue weighted by Crippen LogP contribution is -2.05. The number of hydrogen-bond donors (Lipinski definition) is 1. The van der Waals surface area contributed by atoms with Crippen LogP contribution in [0.5, 0.6) is 0 Å². The van der Waals surface area contributed by atoms with Gasteiger partial charge in [0.15, 0.2) is 0 Å². The molecule has 2 aromatic carbocycles. The van der Waals surface area contributed by atoms with Crippen molar-refractivity contribution in [3.8, 4) is 0 Å². The van der Waals surface area contributed by atoms with Crippen molar-refractivity contribution in [2.75, 3.05) is 7.05 Å². The fourth-order valence-electron chi connectivity index (χ4n) is 1.94. The summed E-state index contributed by atoms with van der Waals surface area (Å²) in [5.74, 6) is 0.662. The summed E-state index contributed by atoms with van der Waals surface area (Å²) >= 11 is 1.54. The van der Waals surface area contributed by atoms with Crippen molar-refractivity contribution in [3.63, 3.8) is 0 Å². The molecule has 100 valence electrons. The minimum atomic E-state index is -0.134. The fraction of sp³-hybridized carbons (Fsp3) is 0.250. The van der Waals surface area contributed by atoms with E-state index in [0.717, 1.165) is 11.3 Å². The van der Waals surface area contributed by atoms with Gasteiger partial charge in [-0.15, -0.1) is 11.8 Å². The Morgan fingerprint density at radius 1 is 1.11 bits per heavy atom. The summed E-state index contributed by atoms with van der Waals surface area (Å²) in [5.41, 5.74) is 3.44. The first-order valence-corrected chi connectivity index (χ1v) is 7.29. The zero-order valence-corrected chi connectivity index (χ0v) is 12.1. The normalized spacial score (nSPS) is 10.7. The van der Waals surface area contributed by atoms with Gasteiger partial charge in [0.05, 0.1) is 0 Å². The maximum Gasteiger partial charge on any atom is 0.137 e. The molecule has 3 heteroatoms. The second kappa shape index (κ2) is 6.73. The van der Waals surface area contributed by atoms with Crippen molar-refractivity contribution in [2.24, 2.45) is 0 Å². The Morgan fingerprint density at radius 2 is 1.95 bits per heavy atom. The monoisotopic (exact) mass is 275 g/mol. The van der Waals surface area contributed by atoms with E-state index in [1.54, 1.807) is 17.8 Å². The Morgan fingerprint density at radius 3 is 2.63 bits per heavy atom. The van der Waals surface area contributed by atoms with Crippen LogP contribution in [0.3, 0.4) is 0 Å². The van der Waals surface area contributed by atoms with Crippen molar-refractivity contribution in [3.05, 3.63) is 65.0 Å². The highest BCUT2D eigenvalue weighted by Gasteiger charge is 2.04. The van der Waals surface area contributed by atoms with Gasteiger partial charge in [0, 0.05) is 17.2 Å². The maximum atomic E-state index is 13.9. The Bertz CT molecular complexity index is 554. The Kier molecular flexibility index (Phi) is 5.00. The van der Waals surface area contributed by atoms with Crippen LogP contribution in [0, 0.1) is 12.7 Å². The number of aryl methyl sites for hydroxylation is 1. The van der Waals surface area contributed by atoms with Crippen molar-refractivity contribution < 1.29 is 4.39 Å². The van der Waals surface area contributed by atoms with Gasteiger partial charge in [-0.1, -0.05) is 35.9 Å². The van der Waals surface area contributed by atoms with Gasteiger partial charge in [0.25, 0.3) is 0 Å². The highest BCUT2D eigenvalue weighted by Crippen LogP contribution is 2.26. The number of halogens is 1. The molecule has 0 aliphatic heterocycles. The third-order valence-corrected chi connectivity index (χ3v) is 3.97. The predicted octanol–water partition coefficient (Wildman–Crippen LogP) is 4.15. The molecule has 1 nitrogen and oxygen atoms in total. The van der Waals surface area contributed by atoms with Crippen LogP contribution in [-0.2, 0) is 12.3 Å². The number of thioether (sulfide) groups is 1. The molecule has 1 N–H and O–H groups in total. The van der Waals surface area contributed by atoms with E-state index in [1.807, 2.05) is 25.2 Å². The second-order valence-electron chi connectivity index (χ2n) is 4.57. The van der Waals surface area contributed by atoms with Gasteiger partial charge in [0.2, 0.25) is 0 Å². The van der Waals surface area contributed by atoms with Gasteiger partial charge in [-0.05, 0) is 37.2 Å². The minimum absolute atomic E-state index is 0.134.